The lowest BCUT2D eigenvalue weighted by molar-refractivity contribution is -0.116. The Labute approximate surface area is 185 Å². The lowest BCUT2D eigenvalue weighted by atomic mass is 10.0. The van der Waals surface area contributed by atoms with E-state index in [9.17, 15) is 9.59 Å². The number of aryl methyl sites for hydroxylation is 3. The van der Waals surface area contributed by atoms with Gasteiger partial charge in [0, 0.05) is 48.0 Å². The molecule has 1 aliphatic carbocycles. The SMILES string of the molecule is C=CCN(C(=O)c1cccc(NC(=O)CCn2ccnc2)c1)c1nc2c(s1)CCCC2. The average Bonchev–Trinajstić information content (AvgIpc) is 3.45. The van der Waals surface area contributed by atoms with E-state index < -0.39 is 0 Å². The molecule has 2 heterocycles. The van der Waals surface area contributed by atoms with Crippen molar-refractivity contribution in [2.45, 2.75) is 38.6 Å². The average molecular weight is 436 g/mol. The number of imidazole rings is 1. The van der Waals surface area contributed by atoms with Crippen LogP contribution in [0.25, 0.3) is 0 Å². The van der Waals surface area contributed by atoms with E-state index in [0.29, 0.717) is 35.9 Å². The summed E-state index contributed by atoms with van der Waals surface area (Å²) in [6.07, 6.45) is 11.5. The molecule has 0 saturated carbocycles. The van der Waals surface area contributed by atoms with Gasteiger partial charge in [-0.3, -0.25) is 14.5 Å². The lowest BCUT2D eigenvalue weighted by Crippen LogP contribution is -2.31. The molecule has 0 unspecified atom stereocenters. The number of hydrogen-bond donors (Lipinski definition) is 1. The Hall–Kier alpha value is -3.26. The van der Waals surface area contributed by atoms with Gasteiger partial charge in [0.25, 0.3) is 5.91 Å². The smallest absolute Gasteiger partial charge is 0.260 e. The normalized spacial score (nSPS) is 12.8. The van der Waals surface area contributed by atoms with Crippen LogP contribution in [0.1, 0.15) is 40.2 Å². The fourth-order valence-electron chi connectivity index (χ4n) is 3.59. The highest BCUT2D eigenvalue weighted by atomic mass is 32.1. The van der Waals surface area contributed by atoms with Crippen molar-refractivity contribution in [2.24, 2.45) is 0 Å². The molecule has 7 nitrogen and oxygen atoms in total. The molecule has 0 aliphatic heterocycles. The summed E-state index contributed by atoms with van der Waals surface area (Å²) in [4.78, 5) is 37.2. The van der Waals surface area contributed by atoms with Crippen molar-refractivity contribution in [1.29, 1.82) is 0 Å². The minimum absolute atomic E-state index is 0.117. The summed E-state index contributed by atoms with van der Waals surface area (Å²) in [7, 11) is 0. The molecule has 2 amide bonds. The Morgan fingerprint density at radius 2 is 2.16 bits per heavy atom. The zero-order chi connectivity index (χ0) is 21.6. The summed E-state index contributed by atoms with van der Waals surface area (Å²) in [6.45, 7) is 4.73. The molecule has 1 aliphatic rings. The second-order valence-electron chi connectivity index (χ2n) is 7.46. The second-order valence-corrected chi connectivity index (χ2v) is 8.52. The van der Waals surface area contributed by atoms with Crippen LogP contribution in [0.2, 0.25) is 0 Å². The van der Waals surface area contributed by atoms with E-state index in [1.54, 1.807) is 59.1 Å². The van der Waals surface area contributed by atoms with Gasteiger partial charge in [-0.15, -0.1) is 17.9 Å². The number of hydrogen-bond acceptors (Lipinski definition) is 5. The zero-order valence-electron chi connectivity index (χ0n) is 17.3. The number of thiazole rings is 1. The number of nitrogens with one attached hydrogen (secondary N) is 1. The van der Waals surface area contributed by atoms with Crippen molar-refractivity contribution in [3.63, 3.8) is 0 Å². The predicted molar refractivity (Wildman–Crippen MR) is 123 cm³/mol. The van der Waals surface area contributed by atoms with Crippen LogP contribution in [-0.2, 0) is 24.2 Å². The molecule has 0 spiro atoms. The van der Waals surface area contributed by atoms with Crippen molar-refractivity contribution < 1.29 is 9.59 Å². The second kappa shape index (κ2) is 9.70. The van der Waals surface area contributed by atoms with E-state index in [1.165, 1.54) is 11.3 Å². The summed E-state index contributed by atoms with van der Waals surface area (Å²) >= 11 is 1.60. The molecule has 1 aromatic carbocycles. The van der Waals surface area contributed by atoms with E-state index >= 15 is 0 Å². The Balaban J connectivity index is 1.47. The van der Waals surface area contributed by atoms with E-state index in [1.807, 2.05) is 10.8 Å². The largest absolute Gasteiger partial charge is 0.337 e. The van der Waals surface area contributed by atoms with Crippen LogP contribution in [0.3, 0.4) is 0 Å². The van der Waals surface area contributed by atoms with Gasteiger partial charge in [-0.25, -0.2) is 9.97 Å². The minimum Gasteiger partial charge on any atom is -0.337 e. The first-order valence-electron chi connectivity index (χ1n) is 10.4. The summed E-state index contributed by atoms with van der Waals surface area (Å²) < 4.78 is 1.85. The van der Waals surface area contributed by atoms with Gasteiger partial charge >= 0.3 is 0 Å². The van der Waals surface area contributed by atoms with Crippen molar-refractivity contribution >= 4 is 34.0 Å². The van der Waals surface area contributed by atoms with Crippen LogP contribution in [-0.4, -0.2) is 32.9 Å². The van der Waals surface area contributed by atoms with Crippen LogP contribution in [0, 0.1) is 0 Å². The Bertz CT molecular complexity index is 1050. The number of nitrogens with zero attached hydrogens (tertiary/aromatic N) is 4. The summed E-state index contributed by atoms with van der Waals surface area (Å²) in [5.41, 5.74) is 2.22. The number of fused-ring (bicyclic) bond motifs is 1. The first kappa shape index (κ1) is 21.0. The maximum atomic E-state index is 13.3. The topological polar surface area (TPSA) is 80.1 Å². The molecule has 31 heavy (non-hydrogen) atoms. The van der Waals surface area contributed by atoms with Gasteiger partial charge in [-0.2, -0.15) is 0 Å². The van der Waals surface area contributed by atoms with Gasteiger partial charge in [0.2, 0.25) is 5.91 Å². The molecule has 4 rings (SSSR count). The lowest BCUT2D eigenvalue weighted by Gasteiger charge is -2.18. The molecule has 0 radical (unpaired) electrons. The van der Waals surface area contributed by atoms with Crippen molar-refractivity contribution in [3.05, 3.63) is 71.8 Å². The van der Waals surface area contributed by atoms with Gasteiger partial charge in [0.05, 0.1) is 12.0 Å². The predicted octanol–water partition coefficient (Wildman–Crippen LogP) is 4.08. The first-order valence-corrected chi connectivity index (χ1v) is 11.2. The van der Waals surface area contributed by atoms with Gasteiger partial charge in [0.1, 0.15) is 0 Å². The monoisotopic (exact) mass is 435 g/mol. The van der Waals surface area contributed by atoms with Crippen LogP contribution in [0.5, 0.6) is 0 Å². The third kappa shape index (κ3) is 5.08. The Morgan fingerprint density at radius 3 is 2.94 bits per heavy atom. The Kier molecular flexibility index (Phi) is 6.57. The van der Waals surface area contributed by atoms with Crippen molar-refractivity contribution in [1.82, 2.24) is 14.5 Å². The number of anilines is 2. The van der Waals surface area contributed by atoms with Crippen LogP contribution in [0.4, 0.5) is 10.8 Å². The highest BCUT2D eigenvalue weighted by molar-refractivity contribution is 7.16. The van der Waals surface area contributed by atoms with Crippen molar-refractivity contribution in [3.8, 4) is 0 Å². The van der Waals surface area contributed by atoms with Gasteiger partial charge < -0.3 is 9.88 Å². The summed E-state index contributed by atoms with van der Waals surface area (Å²) in [5.74, 6) is -0.269. The zero-order valence-corrected chi connectivity index (χ0v) is 18.1. The highest BCUT2D eigenvalue weighted by Crippen LogP contribution is 2.32. The minimum atomic E-state index is -0.152. The number of amides is 2. The number of carbonyl (C=O) groups excluding carboxylic acids is 2. The highest BCUT2D eigenvalue weighted by Gasteiger charge is 2.23. The van der Waals surface area contributed by atoms with E-state index in [0.717, 1.165) is 25.0 Å². The quantitative estimate of drug-likeness (QED) is 0.541. The summed E-state index contributed by atoms with van der Waals surface area (Å²) in [5, 5.41) is 3.59. The maximum absolute atomic E-state index is 13.3. The van der Waals surface area contributed by atoms with Crippen molar-refractivity contribution in [2.75, 3.05) is 16.8 Å². The molecule has 160 valence electrons. The molecule has 8 heteroatoms. The van der Waals surface area contributed by atoms with Crippen LogP contribution < -0.4 is 10.2 Å². The molecule has 0 fully saturated rings. The molecule has 0 atom stereocenters. The van der Waals surface area contributed by atoms with Gasteiger partial charge in [-0.1, -0.05) is 12.1 Å². The van der Waals surface area contributed by atoms with Crippen LogP contribution >= 0.6 is 11.3 Å². The molecule has 3 aromatic rings. The van der Waals surface area contributed by atoms with Gasteiger partial charge in [0.15, 0.2) is 5.13 Å². The molecule has 1 N–H and O–H groups in total. The molecule has 2 aromatic heterocycles. The number of aromatic nitrogens is 3. The number of benzene rings is 1. The van der Waals surface area contributed by atoms with E-state index in [4.69, 9.17) is 4.98 Å². The molecular weight excluding hydrogens is 410 g/mol. The fourth-order valence-corrected chi connectivity index (χ4v) is 4.75. The maximum Gasteiger partial charge on any atom is 0.260 e. The standard InChI is InChI=1S/C23H25N5O2S/c1-2-12-28(23-26-19-8-3-4-9-20(19)31-23)22(30)17-6-5-7-18(15-17)25-21(29)10-13-27-14-11-24-16-27/h2,5-7,11,14-16H,1,3-4,8-10,12-13H2,(H,25,29). The van der Waals surface area contributed by atoms with E-state index in [-0.39, 0.29) is 11.8 Å². The molecular formula is C23H25N5O2S. The third-order valence-electron chi connectivity index (χ3n) is 5.17. The first-order chi connectivity index (χ1) is 15.1. The molecule has 0 bridgehead atoms. The Morgan fingerprint density at radius 1 is 1.29 bits per heavy atom. The van der Waals surface area contributed by atoms with Gasteiger partial charge in [-0.05, 0) is 43.9 Å². The number of carbonyl (C=O) groups is 2. The molecule has 0 saturated heterocycles. The third-order valence-corrected chi connectivity index (χ3v) is 6.35. The van der Waals surface area contributed by atoms with Crippen LogP contribution in [0.15, 0.2) is 55.6 Å². The number of rotatable bonds is 8. The van der Waals surface area contributed by atoms with E-state index in [2.05, 4.69) is 16.9 Å². The summed E-state index contributed by atoms with van der Waals surface area (Å²) in [6, 6.07) is 7.03. The fraction of sp³-hybridized carbons (Fsp3) is 0.304.